The van der Waals surface area contributed by atoms with Gasteiger partial charge in [-0.25, -0.2) is 9.97 Å². The molecule has 4 rings (SSSR count). The molecule has 0 bridgehead atoms. The van der Waals surface area contributed by atoms with Gasteiger partial charge < -0.3 is 9.30 Å². The van der Waals surface area contributed by atoms with Crippen LogP contribution in [0, 0.1) is 0 Å². The minimum absolute atomic E-state index is 0.245. The molecule has 5 nitrogen and oxygen atoms in total. The molecule has 1 aliphatic heterocycles. The summed E-state index contributed by atoms with van der Waals surface area (Å²) in [7, 11) is 1.73. The second-order valence-electron chi connectivity index (χ2n) is 5.64. The number of imidazole rings is 1. The van der Waals surface area contributed by atoms with Crippen LogP contribution < -0.4 is 4.74 Å². The fraction of sp³-hybridized carbons (Fsp3) is 0.294. The van der Waals surface area contributed by atoms with Crippen LogP contribution in [-0.4, -0.2) is 26.5 Å². The summed E-state index contributed by atoms with van der Waals surface area (Å²) in [4.78, 5) is 11.3. The lowest BCUT2D eigenvalue weighted by Gasteiger charge is -2.36. The fourth-order valence-electron chi connectivity index (χ4n) is 3.18. The van der Waals surface area contributed by atoms with Crippen LogP contribution in [0.5, 0.6) is 5.75 Å². The number of benzene rings is 1. The quantitative estimate of drug-likeness (QED) is 0.739. The summed E-state index contributed by atoms with van der Waals surface area (Å²) in [5.41, 5.74) is 4.21. The Balaban J connectivity index is 1.71. The first-order chi connectivity index (χ1) is 11.3. The molecule has 0 radical (unpaired) electrons. The monoisotopic (exact) mass is 326 g/mol. The van der Waals surface area contributed by atoms with Crippen molar-refractivity contribution < 1.29 is 4.74 Å². The van der Waals surface area contributed by atoms with Crippen molar-refractivity contribution in [3.05, 3.63) is 64.6 Å². The first-order valence-corrected chi connectivity index (χ1v) is 8.53. The molecule has 6 heteroatoms. The highest BCUT2D eigenvalue weighted by atomic mass is 32.1. The number of hydrogen-bond donors (Lipinski definition) is 0. The highest BCUT2D eigenvalue weighted by molar-refractivity contribution is 7.07. The molecule has 0 spiro atoms. The Hall–Kier alpha value is -2.18. The number of rotatable bonds is 4. The molecule has 1 aromatic carbocycles. The molecular formula is C17H18N4OS. The van der Waals surface area contributed by atoms with E-state index >= 15 is 0 Å². The Morgan fingerprint density at radius 2 is 2.22 bits per heavy atom. The van der Waals surface area contributed by atoms with Gasteiger partial charge in [0.15, 0.2) is 0 Å². The SMILES string of the molecule is COc1ccccc1[C@@H]1Cn2ccnc2CN1Cc1cscn1. The molecule has 2 aromatic heterocycles. The van der Waals surface area contributed by atoms with E-state index in [4.69, 9.17) is 4.74 Å². The minimum atomic E-state index is 0.245. The van der Waals surface area contributed by atoms with E-state index in [1.54, 1.807) is 18.4 Å². The van der Waals surface area contributed by atoms with Crippen molar-refractivity contribution in [1.29, 1.82) is 0 Å². The number of methoxy groups -OCH3 is 1. The van der Waals surface area contributed by atoms with Gasteiger partial charge in [0.25, 0.3) is 0 Å². The van der Waals surface area contributed by atoms with Crippen molar-refractivity contribution in [1.82, 2.24) is 19.4 Å². The van der Waals surface area contributed by atoms with E-state index in [-0.39, 0.29) is 6.04 Å². The van der Waals surface area contributed by atoms with E-state index in [9.17, 15) is 0 Å². The van der Waals surface area contributed by atoms with Crippen LogP contribution in [0.1, 0.15) is 23.1 Å². The molecule has 0 N–H and O–H groups in total. The highest BCUT2D eigenvalue weighted by Gasteiger charge is 2.30. The van der Waals surface area contributed by atoms with Gasteiger partial charge in [0, 0.05) is 36.4 Å². The molecule has 0 aliphatic carbocycles. The third-order valence-corrected chi connectivity index (χ3v) is 4.94. The smallest absolute Gasteiger partial charge is 0.123 e. The van der Waals surface area contributed by atoms with Crippen LogP contribution in [0.4, 0.5) is 0 Å². The van der Waals surface area contributed by atoms with Gasteiger partial charge in [0.2, 0.25) is 0 Å². The van der Waals surface area contributed by atoms with E-state index in [0.717, 1.165) is 36.9 Å². The van der Waals surface area contributed by atoms with Gasteiger partial charge in [-0.1, -0.05) is 18.2 Å². The highest BCUT2D eigenvalue weighted by Crippen LogP contribution is 2.35. The van der Waals surface area contributed by atoms with E-state index in [0.29, 0.717) is 0 Å². The summed E-state index contributed by atoms with van der Waals surface area (Å²) in [6.45, 7) is 2.51. The normalized spacial score (nSPS) is 17.9. The molecule has 0 amide bonds. The standard InChI is InChI=1S/C17H18N4OS/c1-22-16-5-3-2-4-14(16)15-9-20-7-6-18-17(20)10-21(15)8-13-11-23-12-19-13/h2-7,11-12,15H,8-10H2,1H3/t15-/m0/s1. The first-order valence-electron chi connectivity index (χ1n) is 7.59. The predicted molar refractivity (Wildman–Crippen MR) is 89.3 cm³/mol. The van der Waals surface area contributed by atoms with Crippen LogP contribution in [0.2, 0.25) is 0 Å². The summed E-state index contributed by atoms with van der Waals surface area (Å²) in [6.07, 6.45) is 3.93. The second kappa shape index (κ2) is 6.14. The zero-order valence-corrected chi connectivity index (χ0v) is 13.7. The maximum absolute atomic E-state index is 5.59. The average Bonchev–Trinajstić information content (AvgIpc) is 3.25. The molecule has 23 heavy (non-hydrogen) atoms. The maximum Gasteiger partial charge on any atom is 0.123 e. The van der Waals surface area contributed by atoms with Crippen molar-refractivity contribution in [2.24, 2.45) is 0 Å². The molecule has 3 heterocycles. The molecular weight excluding hydrogens is 308 g/mol. The topological polar surface area (TPSA) is 43.2 Å². The Morgan fingerprint density at radius 3 is 3.04 bits per heavy atom. The molecule has 0 saturated carbocycles. The van der Waals surface area contributed by atoms with Crippen LogP contribution in [0.3, 0.4) is 0 Å². The number of thiazole rings is 1. The number of para-hydroxylation sites is 1. The van der Waals surface area contributed by atoms with E-state index in [2.05, 4.69) is 43.1 Å². The maximum atomic E-state index is 5.59. The Labute approximate surface area is 139 Å². The Morgan fingerprint density at radius 1 is 1.30 bits per heavy atom. The molecule has 3 aromatic rings. The van der Waals surface area contributed by atoms with E-state index in [1.165, 1.54) is 5.56 Å². The van der Waals surface area contributed by atoms with Crippen LogP contribution in [0.25, 0.3) is 0 Å². The number of ether oxygens (including phenoxy) is 1. The van der Waals surface area contributed by atoms with Crippen molar-refractivity contribution in [3.8, 4) is 5.75 Å². The van der Waals surface area contributed by atoms with Gasteiger partial charge in [-0.15, -0.1) is 11.3 Å². The van der Waals surface area contributed by atoms with Crippen molar-refractivity contribution in [2.45, 2.75) is 25.7 Å². The average molecular weight is 326 g/mol. The number of nitrogens with zero attached hydrogens (tertiary/aromatic N) is 4. The lowest BCUT2D eigenvalue weighted by molar-refractivity contribution is 0.124. The van der Waals surface area contributed by atoms with Crippen LogP contribution in [-0.2, 0) is 19.6 Å². The molecule has 0 unspecified atom stereocenters. The number of hydrogen-bond acceptors (Lipinski definition) is 5. The Kier molecular flexibility index (Phi) is 3.85. The summed E-state index contributed by atoms with van der Waals surface area (Å²) < 4.78 is 7.82. The van der Waals surface area contributed by atoms with Crippen LogP contribution >= 0.6 is 11.3 Å². The van der Waals surface area contributed by atoms with Gasteiger partial charge in [0.1, 0.15) is 11.6 Å². The summed E-state index contributed by atoms with van der Waals surface area (Å²) >= 11 is 1.64. The Bertz CT molecular complexity index is 784. The number of aromatic nitrogens is 3. The van der Waals surface area contributed by atoms with Gasteiger partial charge in [0.05, 0.1) is 30.9 Å². The minimum Gasteiger partial charge on any atom is -0.496 e. The largest absolute Gasteiger partial charge is 0.496 e. The van der Waals surface area contributed by atoms with Gasteiger partial charge in [-0.3, -0.25) is 4.90 Å². The van der Waals surface area contributed by atoms with Gasteiger partial charge >= 0.3 is 0 Å². The van der Waals surface area contributed by atoms with Crippen molar-refractivity contribution in [2.75, 3.05) is 7.11 Å². The van der Waals surface area contributed by atoms with Crippen molar-refractivity contribution >= 4 is 11.3 Å². The molecule has 118 valence electrons. The van der Waals surface area contributed by atoms with Crippen molar-refractivity contribution in [3.63, 3.8) is 0 Å². The van der Waals surface area contributed by atoms with E-state index < -0.39 is 0 Å². The first kappa shape index (κ1) is 14.4. The molecule has 1 aliphatic rings. The van der Waals surface area contributed by atoms with E-state index in [1.807, 2.05) is 23.8 Å². The third-order valence-electron chi connectivity index (χ3n) is 4.30. The molecule has 0 fully saturated rings. The molecule has 1 atom stereocenters. The second-order valence-corrected chi connectivity index (χ2v) is 6.36. The van der Waals surface area contributed by atoms with Crippen LogP contribution in [0.15, 0.2) is 47.5 Å². The molecule has 0 saturated heterocycles. The van der Waals surface area contributed by atoms with Gasteiger partial charge in [-0.2, -0.15) is 0 Å². The summed E-state index contributed by atoms with van der Waals surface area (Å²) in [5.74, 6) is 2.04. The predicted octanol–water partition coefficient (Wildman–Crippen LogP) is 3.11. The lowest BCUT2D eigenvalue weighted by Crippen LogP contribution is -2.36. The van der Waals surface area contributed by atoms with Gasteiger partial charge in [-0.05, 0) is 6.07 Å². The summed E-state index contributed by atoms with van der Waals surface area (Å²) in [5, 5.41) is 2.11. The zero-order valence-electron chi connectivity index (χ0n) is 12.9. The fourth-order valence-corrected chi connectivity index (χ4v) is 3.73. The zero-order chi connectivity index (χ0) is 15.6. The third kappa shape index (κ3) is 2.75. The summed E-state index contributed by atoms with van der Waals surface area (Å²) in [6, 6.07) is 8.51. The lowest BCUT2D eigenvalue weighted by atomic mass is 10.0. The number of fused-ring (bicyclic) bond motifs is 1.